The average Bonchev–Trinajstić information content (AvgIpc) is 2.71. The van der Waals surface area contributed by atoms with Crippen molar-refractivity contribution in [1.82, 2.24) is 9.55 Å². The minimum Gasteiger partial charge on any atom is -0.300 e. The summed E-state index contributed by atoms with van der Waals surface area (Å²) in [5, 5.41) is 0.514. The minimum atomic E-state index is -0.396. The van der Waals surface area contributed by atoms with Crippen LogP contribution in [0.4, 0.5) is 4.39 Å². The molecular formula is C25H29FN2O2. The van der Waals surface area contributed by atoms with Gasteiger partial charge in [-0.2, -0.15) is 0 Å². The summed E-state index contributed by atoms with van der Waals surface area (Å²) < 4.78 is 15.3. The summed E-state index contributed by atoms with van der Waals surface area (Å²) in [6, 6.07) is 11.6. The van der Waals surface area contributed by atoms with E-state index in [1.165, 1.54) is 16.7 Å². The third kappa shape index (κ3) is 5.41. The predicted molar refractivity (Wildman–Crippen MR) is 119 cm³/mol. The molecule has 3 aromatic rings. The summed E-state index contributed by atoms with van der Waals surface area (Å²) >= 11 is 0. The van der Waals surface area contributed by atoms with Gasteiger partial charge in [-0.15, -0.1) is 0 Å². The molecule has 158 valence electrons. The van der Waals surface area contributed by atoms with Gasteiger partial charge in [0, 0.05) is 19.3 Å². The molecule has 0 saturated carbocycles. The number of Topliss-reactive ketones (excluding diaryl/α,β-unsaturated/α-hetero) is 1. The molecule has 4 nitrogen and oxygen atoms in total. The second-order valence-electron chi connectivity index (χ2n) is 7.87. The lowest BCUT2D eigenvalue weighted by atomic mass is 10.1. The molecule has 0 spiro atoms. The highest BCUT2D eigenvalue weighted by molar-refractivity contribution is 5.79. The third-order valence-corrected chi connectivity index (χ3v) is 5.33. The van der Waals surface area contributed by atoms with Crippen molar-refractivity contribution in [1.29, 1.82) is 0 Å². The lowest BCUT2D eigenvalue weighted by molar-refractivity contribution is -0.119. The Morgan fingerprint density at radius 2 is 1.80 bits per heavy atom. The van der Waals surface area contributed by atoms with Crippen molar-refractivity contribution in [3.63, 3.8) is 0 Å². The molecule has 0 aliphatic heterocycles. The van der Waals surface area contributed by atoms with Crippen molar-refractivity contribution in [2.75, 3.05) is 0 Å². The van der Waals surface area contributed by atoms with Crippen molar-refractivity contribution in [3.05, 3.63) is 70.0 Å². The topological polar surface area (TPSA) is 52.0 Å². The summed E-state index contributed by atoms with van der Waals surface area (Å²) in [6.45, 7) is 4.09. The van der Waals surface area contributed by atoms with Crippen LogP contribution < -0.4 is 5.56 Å². The number of fused-ring (bicyclic) bond motifs is 1. The highest BCUT2D eigenvalue weighted by Gasteiger charge is 2.14. The summed E-state index contributed by atoms with van der Waals surface area (Å²) in [5.74, 6) is 0.502. The van der Waals surface area contributed by atoms with Gasteiger partial charge in [0.05, 0.1) is 16.6 Å². The van der Waals surface area contributed by atoms with Gasteiger partial charge >= 0.3 is 0 Å². The number of hydrogen-bond donors (Lipinski definition) is 0. The van der Waals surface area contributed by atoms with Crippen molar-refractivity contribution >= 4 is 16.7 Å². The zero-order valence-electron chi connectivity index (χ0n) is 17.8. The summed E-state index contributed by atoms with van der Waals surface area (Å²) in [7, 11) is 0. The van der Waals surface area contributed by atoms with Crippen LogP contribution in [0, 0.1) is 12.7 Å². The molecule has 3 rings (SSSR count). The predicted octanol–water partition coefficient (Wildman–Crippen LogP) is 5.70. The van der Waals surface area contributed by atoms with Crippen molar-refractivity contribution in [2.45, 2.75) is 65.2 Å². The van der Waals surface area contributed by atoms with Crippen LogP contribution in [0.15, 0.2) is 47.3 Å². The number of rotatable bonds is 10. The van der Waals surface area contributed by atoms with Crippen LogP contribution >= 0.6 is 0 Å². The van der Waals surface area contributed by atoms with Gasteiger partial charge in [0.15, 0.2) is 0 Å². The van der Waals surface area contributed by atoms with E-state index < -0.39 is 5.82 Å². The molecule has 2 aromatic carbocycles. The number of unbranched alkanes of at least 4 members (excludes halogenated alkanes) is 3. The second-order valence-corrected chi connectivity index (χ2v) is 7.87. The van der Waals surface area contributed by atoms with E-state index in [0.29, 0.717) is 47.5 Å². The molecule has 0 unspecified atom stereocenters. The maximum Gasteiger partial charge on any atom is 0.265 e. The average molecular weight is 409 g/mol. The van der Waals surface area contributed by atoms with E-state index in [4.69, 9.17) is 4.98 Å². The fraction of sp³-hybridized carbons (Fsp3) is 0.400. The second kappa shape index (κ2) is 10.3. The van der Waals surface area contributed by atoms with Crippen LogP contribution in [0.1, 0.15) is 63.3 Å². The number of aromatic nitrogens is 2. The van der Waals surface area contributed by atoms with Crippen LogP contribution in [0.2, 0.25) is 0 Å². The van der Waals surface area contributed by atoms with Gasteiger partial charge in [0.25, 0.3) is 5.56 Å². The van der Waals surface area contributed by atoms with E-state index in [-0.39, 0.29) is 5.56 Å². The number of ketones is 1. The highest BCUT2D eigenvalue weighted by Crippen LogP contribution is 2.17. The van der Waals surface area contributed by atoms with Crippen LogP contribution in [-0.2, 0) is 11.2 Å². The van der Waals surface area contributed by atoms with Crippen molar-refractivity contribution in [3.8, 4) is 5.69 Å². The molecule has 30 heavy (non-hydrogen) atoms. The molecule has 0 aliphatic carbocycles. The summed E-state index contributed by atoms with van der Waals surface area (Å²) in [4.78, 5) is 30.0. The van der Waals surface area contributed by atoms with E-state index >= 15 is 0 Å². The van der Waals surface area contributed by atoms with Crippen LogP contribution in [0.3, 0.4) is 0 Å². The molecule has 1 aromatic heterocycles. The Morgan fingerprint density at radius 3 is 2.53 bits per heavy atom. The molecule has 0 bridgehead atoms. The number of carbonyl (C=O) groups is 1. The lowest BCUT2D eigenvalue weighted by Gasteiger charge is -2.14. The van der Waals surface area contributed by atoms with Gasteiger partial charge < -0.3 is 0 Å². The lowest BCUT2D eigenvalue weighted by Crippen LogP contribution is -2.24. The maximum absolute atomic E-state index is 13.8. The number of aryl methyl sites for hydroxylation is 2. The first-order valence-corrected chi connectivity index (χ1v) is 10.8. The van der Waals surface area contributed by atoms with Gasteiger partial charge in [-0.3, -0.25) is 14.2 Å². The van der Waals surface area contributed by atoms with Crippen LogP contribution in [-0.4, -0.2) is 15.3 Å². The maximum atomic E-state index is 13.8. The molecular weight excluding hydrogens is 379 g/mol. The Labute approximate surface area is 176 Å². The molecule has 0 atom stereocenters. The number of benzene rings is 2. The van der Waals surface area contributed by atoms with E-state index in [1.54, 1.807) is 18.2 Å². The van der Waals surface area contributed by atoms with Crippen LogP contribution in [0.5, 0.6) is 0 Å². The van der Waals surface area contributed by atoms with E-state index in [0.717, 1.165) is 37.7 Å². The molecule has 0 fully saturated rings. The standard InChI is InChI=1S/C25H29FN2O2/c1-3-4-5-11-21(29)12-6-7-13-24-27-23-16-18(2)14-15-22(23)25(30)28(24)20-10-8-9-19(26)17-20/h8-10,14-17H,3-7,11-13H2,1-2H3. The third-order valence-electron chi connectivity index (χ3n) is 5.33. The van der Waals surface area contributed by atoms with E-state index in [9.17, 15) is 14.0 Å². The number of carbonyl (C=O) groups excluding carboxylic acids is 1. The molecule has 0 saturated heterocycles. The van der Waals surface area contributed by atoms with E-state index in [1.807, 2.05) is 19.1 Å². The zero-order valence-corrected chi connectivity index (χ0v) is 17.8. The van der Waals surface area contributed by atoms with Gasteiger partial charge in [-0.25, -0.2) is 9.37 Å². The number of hydrogen-bond acceptors (Lipinski definition) is 3. The molecule has 0 amide bonds. The smallest absolute Gasteiger partial charge is 0.265 e. The molecule has 1 heterocycles. The van der Waals surface area contributed by atoms with Gasteiger partial charge in [0.2, 0.25) is 0 Å². The number of nitrogens with zero attached hydrogens (tertiary/aromatic N) is 2. The van der Waals surface area contributed by atoms with Crippen LogP contribution in [0.25, 0.3) is 16.6 Å². The normalized spacial score (nSPS) is 11.2. The zero-order chi connectivity index (χ0) is 21.5. The quantitative estimate of drug-likeness (QED) is 0.405. The molecule has 0 N–H and O–H groups in total. The Bertz CT molecular complexity index is 1090. The van der Waals surface area contributed by atoms with Gasteiger partial charge in [-0.05, 0) is 62.1 Å². The fourth-order valence-electron chi connectivity index (χ4n) is 3.69. The Hall–Kier alpha value is -2.82. The molecule has 0 aliphatic rings. The Morgan fingerprint density at radius 1 is 1.03 bits per heavy atom. The van der Waals surface area contributed by atoms with Gasteiger partial charge in [-0.1, -0.05) is 31.9 Å². The Kier molecular flexibility index (Phi) is 7.50. The Balaban J connectivity index is 1.84. The first-order chi connectivity index (χ1) is 14.5. The number of halogens is 1. The summed E-state index contributed by atoms with van der Waals surface area (Å²) in [6.07, 6.45) is 6.42. The van der Waals surface area contributed by atoms with Crippen molar-refractivity contribution < 1.29 is 9.18 Å². The first kappa shape index (κ1) is 21.9. The van der Waals surface area contributed by atoms with Gasteiger partial charge in [0.1, 0.15) is 17.4 Å². The monoisotopic (exact) mass is 408 g/mol. The highest BCUT2D eigenvalue weighted by atomic mass is 19.1. The van der Waals surface area contributed by atoms with Crippen molar-refractivity contribution in [2.24, 2.45) is 0 Å². The summed E-state index contributed by atoms with van der Waals surface area (Å²) in [5.41, 5.74) is 1.96. The SMILES string of the molecule is CCCCCC(=O)CCCCc1nc2cc(C)ccc2c(=O)n1-c1cccc(F)c1. The first-order valence-electron chi connectivity index (χ1n) is 10.8. The fourth-order valence-corrected chi connectivity index (χ4v) is 3.69. The minimum absolute atomic E-state index is 0.198. The van der Waals surface area contributed by atoms with E-state index in [2.05, 4.69) is 6.92 Å². The molecule has 0 radical (unpaired) electrons. The largest absolute Gasteiger partial charge is 0.300 e. The molecule has 5 heteroatoms.